The van der Waals surface area contributed by atoms with Crippen LogP contribution in [0.2, 0.25) is 0 Å². The lowest BCUT2D eigenvalue weighted by Gasteiger charge is -2.37. The first-order valence-electron chi connectivity index (χ1n) is 12.1. The van der Waals surface area contributed by atoms with Gasteiger partial charge in [-0.3, -0.25) is 19.4 Å². The van der Waals surface area contributed by atoms with Gasteiger partial charge >= 0.3 is 0 Å². The van der Waals surface area contributed by atoms with Crippen molar-refractivity contribution in [3.05, 3.63) is 89.5 Å². The van der Waals surface area contributed by atoms with Crippen molar-refractivity contribution in [3.63, 3.8) is 0 Å². The monoisotopic (exact) mass is 503 g/mol. The fraction of sp³-hybridized carbons (Fsp3) is 0.286. The Bertz CT molecular complexity index is 1300. The van der Waals surface area contributed by atoms with Gasteiger partial charge in [0.15, 0.2) is 0 Å². The molecule has 2 heterocycles. The molecule has 9 heteroatoms. The zero-order valence-corrected chi connectivity index (χ0v) is 20.9. The summed E-state index contributed by atoms with van der Waals surface area (Å²) in [5, 5.41) is 2.72. The highest BCUT2D eigenvalue weighted by atomic mass is 19.1. The number of rotatable bonds is 8. The van der Waals surface area contributed by atoms with Gasteiger partial charge in [-0.1, -0.05) is 30.3 Å². The molecule has 192 valence electrons. The number of hydrogen-bond donors (Lipinski definition) is 2. The topological polar surface area (TPSA) is 109 Å². The molecule has 0 fully saturated rings. The van der Waals surface area contributed by atoms with Crippen molar-refractivity contribution < 1.29 is 18.8 Å². The average molecular weight is 504 g/mol. The third-order valence-corrected chi connectivity index (χ3v) is 6.45. The summed E-state index contributed by atoms with van der Waals surface area (Å²) in [6.07, 6.45) is 2.15. The Balaban J connectivity index is 1.49. The minimum absolute atomic E-state index is 0.0195. The number of fused-ring (bicyclic) bond motifs is 1. The molecule has 1 unspecified atom stereocenters. The van der Waals surface area contributed by atoms with Gasteiger partial charge in [0.25, 0.3) is 5.91 Å². The SMILES string of the molecule is CC(=O)Nc1ccc(CN2C(=O)C(N(C)C(=O)C[C@H](N)Cc3ccccc3F)Cc3ncccc32)cc1. The third kappa shape index (κ3) is 6.18. The minimum atomic E-state index is -0.741. The Morgan fingerprint density at radius 2 is 1.89 bits per heavy atom. The van der Waals surface area contributed by atoms with Crippen LogP contribution in [0.1, 0.15) is 30.2 Å². The second-order valence-corrected chi connectivity index (χ2v) is 9.26. The van der Waals surface area contributed by atoms with Crippen LogP contribution in [0.5, 0.6) is 0 Å². The normalized spacial score (nSPS) is 15.6. The van der Waals surface area contributed by atoms with E-state index in [1.807, 2.05) is 18.2 Å². The van der Waals surface area contributed by atoms with Crippen LogP contribution >= 0.6 is 0 Å². The molecular formula is C28H30FN5O3. The fourth-order valence-electron chi connectivity index (χ4n) is 4.51. The van der Waals surface area contributed by atoms with Gasteiger partial charge < -0.3 is 20.9 Å². The van der Waals surface area contributed by atoms with E-state index in [2.05, 4.69) is 10.3 Å². The quantitative estimate of drug-likeness (QED) is 0.491. The maximum absolute atomic E-state index is 14.0. The Kier molecular flexibility index (Phi) is 7.93. The first-order chi connectivity index (χ1) is 17.7. The van der Waals surface area contributed by atoms with Crippen LogP contribution in [0.4, 0.5) is 15.8 Å². The molecule has 3 amide bonds. The predicted octanol–water partition coefficient (Wildman–Crippen LogP) is 3.06. The maximum atomic E-state index is 14.0. The van der Waals surface area contributed by atoms with Gasteiger partial charge in [0.1, 0.15) is 11.9 Å². The highest BCUT2D eigenvalue weighted by Crippen LogP contribution is 2.30. The second-order valence-electron chi connectivity index (χ2n) is 9.26. The molecule has 3 N–H and O–H groups in total. The van der Waals surface area contributed by atoms with Gasteiger partial charge in [-0.05, 0) is 47.9 Å². The second kappa shape index (κ2) is 11.3. The van der Waals surface area contributed by atoms with Gasteiger partial charge in [-0.25, -0.2) is 4.39 Å². The number of hydrogen-bond acceptors (Lipinski definition) is 5. The van der Waals surface area contributed by atoms with Gasteiger partial charge in [-0.15, -0.1) is 0 Å². The molecule has 8 nitrogen and oxygen atoms in total. The first-order valence-corrected chi connectivity index (χ1v) is 12.1. The Morgan fingerprint density at radius 1 is 1.16 bits per heavy atom. The Hall–Kier alpha value is -4.11. The number of aromatic nitrogens is 1. The summed E-state index contributed by atoms with van der Waals surface area (Å²) in [6, 6.07) is 15.9. The van der Waals surface area contributed by atoms with Gasteiger partial charge in [0.2, 0.25) is 11.8 Å². The Morgan fingerprint density at radius 3 is 2.59 bits per heavy atom. The van der Waals surface area contributed by atoms with E-state index < -0.39 is 12.1 Å². The van der Waals surface area contributed by atoms with E-state index in [9.17, 15) is 18.8 Å². The molecule has 4 rings (SSSR count). The molecule has 1 aromatic heterocycles. The highest BCUT2D eigenvalue weighted by molar-refractivity contribution is 6.01. The largest absolute Gasteiger partial charge is 0.333 e. The summed E-state index contributed by atoms with van der Waals surface area (Å²) >= 11 is 0. The summed E-state index contributed by atoms with van der Waals surface area (Å²) in [5.41, 5.74) is 9.58. The van der Waals surface area contributed by atoms with Crippen molar-refractivity contribution in [2.75, 3.05) is 17.3 Å². The molecule has 1 aliphatic heterocycles. The molecule has 0 aliphatic carbocycles. The average Bonchev–Trinajstić information content (AvgIpc) is 2.87. The standard InChI is InChI=1S/C28H30FN5O3/c1-18(35)32-22-11-9-19(10-12-22)17-34-25-8-5-13-31-24(25)16-26(28(34)37)33(2)27(36)15-21(30)14-20-6-3-4-7-23(20)29/h3-13,21,26H,14-17,30H2,1-2H3,(H,32,35)/t21-,26?/m1/s1. The summed E-state index contributed by atoms with van der Waals surface area (Å²) in [6.45, 7) is 1.72. The van der Waals surface area contributed by atoms with E-state index in [-0.39, 0.29) is 49.3 Å². The van der Waals surface area contributed by atoms with Crippen LogP contribution in [0, 0.1) is 5.82 Å². The zero-order chi connectivity index (χ0) is 26.5. The van der Waals surface area contributed by atoms with E-state index in [1.54, 1.807) is 54.5 Å². The lowest BCUT2D eigenvalue weighted by atomic mass is 9.98. The molecule has 0 saturated carbocycles. The van der Waals surface area contributed by atoms with E-state index in [0.29, 0.717) is 16.9 Å². The number of pyridine rings is 1. The summed E-state index contributed by atoms with van der Waals surface area (Å²) in [5.74, 6) is -1.03. The van der Waals surface area contributed by atoms with Crippen molar-refractivity contribution in [1.82, 2.24) is 9.88 Å². The molecule has 2 atom stereocenters. The number of carbonyl (C=O) groups is 3. The highest BCUT2D eigenvalue weighted by Gasteiger charge is 2.37. The van der Waals surface area contributed by atoms with Crippen LogP contribution in [0.15, 0.2) is 66.9 Å². The van der Waals surface area contributed by atoms with Crippen LogP contribution in [0.25, 0.3) is 0 Å². The van der Waals surface area contributed by atoms with E-state index in [4.69, 9.17) is 5.73 Å². The summed E-state index contributed by atoms with van der Waals surface area (Å²) in [4.78, 5) is 45.6. The molecule has 37 heavy (non-hydrogen) atoms. The van der Waals surface area contributed by atoms with Crippen LogP contribution in [-0.4, -0.2) is 46.7 Å². The Labute approximate surface area is 215 Å². The third-order valence-electron chi connectivity index (χ3n) is 6.45. The van der Waals surface area contributed by atoms with Gasteiger partial charge in [-0.2, -0.15) is 0 Å². The number of nitrogens with zero attached hydrogens (tertiary/aromatic N) is 3. The molecular weight excluding hydrogens is 473 g/mol. The molecule has 0 bridgehead atoms. The van der Waals surface area contributed by atoms with Crippen molar-refractivity contribution in [1.29, 1.82) is 0 Å². The van der Waals surface area contributed by atoms with E-state index in [1.165, 1.54) is 17.9 Å². The number of amides is 3. The maximum Gasteiger partial charge on any atom is 0.250 e. The number of likely N-dealkylation sites (N-methyl/N-ethyl adjacent to an activating group) is 1. The number of benzene rings is 2. The molecule has 0 saturated heterocycles. The minimum Gasteiger partial charge on any atom is -0.333 e. The van der Waals surface area contributed by atoms with E-state index >= 15 is 0 Å². The lowest BCUT2D eigenvalue weighted by molar-refractivity contribution is -0.138. The number of halogens is 1. The first kappa shape index (κ1) is 26.0. The van der Waals surface area contributed by atoms with Crippen LogP contribution < -0.4 is 16.0 Å². The lowest BCUT2D eigenvalue weighted by Crippen LogP contribution is -2.54. The smallest absolute Gasteiger partial charge is 0.250 e. The van der Waals surface area contributed by atoms with Crippen molar-refractivity contribution >= 4 is 29.1 Å². The number of carbonyl (C=O) groups excluding carboxylic acids is 3. The number of nitrogens with one attached hydrogen (secondary N) is 1. The van der Waals surface area contributed by atoms with Crippen LogP contribution in [-0.2, 0) is 33.8 Å². The predicted molar refractivity (Wildman–Crippen MR) is 139 cm³/mol. The van der Waals surface area contributed by atoms with Gasteiger partial charge in [0, 0.05) is 44.7 Å². The molecule has 0 spiro atoms. The van der Waals surface area contributed by atoms with Crippen molar-refractivity contribution in [2.45, 2.75) is 44.8 Å². The molecule has 3 aromatic rings. The number of anilines is 2. The zero-order valence-electron chi connectivity index (χ0n) is 20.9. The molecule has 0 radical (unpaired) electrons. The fourth-order valence-corrected chi connectivity index (χ4v) is 4.51. The summed E-state index contributed by atoms with van der Waals surface area (Å²) in [7, 11) is 1.59. The van der Waals surface area contributed by atoms with E-state index in [0.717, 1.165) is 11.3 Å². The van der Waals surface area contributed by atoms with Crippen LogP contribution in [0.3, 0.4) is 0 Å². The van der Waals surface area contributed by atoms with Crippen molar-refractivity contribution in [2.24, 2.45) is 5.73 Å². The summed E-state index contributed by atoms with van der Waals surface area (Å²) < 4.78 is 14.0. The van der Waals surface area contributed by atoms with Crippen molar-refractivity contribution in [3.8, 4) is 0 Å². The molecule has 2 aromatic carbocycles. The molecule has 1 aliphatic rings. The number of nitrogens with two attached hydrogens (primary N) is 1. The van der Waals surface area contributed by atoms with Gasteiger partial charge in [0.05, 0.1) is 17.9 Å².